The molecule has 2 unspecified atom stereocenters. The maximum atomic E-state index is 12.1. The minimum absolute atomic E-state index is 0.0758. The van der Waals surface area contributed by atoms with Crippen molar-refractivity contribution in [1.82, 2.24) is 10.6 Å². The Kier molecular flexibility index (Phi) is 6.09. The molecule has 3 N–H and O–H groups in total. The van der Waals surface area contributed by atoms with Crippen LogP contribution in [0.5, 0.6) is 0 Å². The van der Waals surface area contributed by atoms with Gasteiger partial charge in [-0.15, -0.1) is 0 Å². The van der Waals surface area contributed by atoms with Gasteiger partial charge in [0.2, 0.25) is 0 Å². The topological polar surface area (TPSA) is 78.4 Å². The standard InChI is InChI=1S/C17H30N2O3/c1-11(2)13-4-3-5-15(10-13)19-17(22)18-14-8-6-12(7-9-14)16(20)21/h11-15H,3-10H2,1-2H3,(H,20,21)(H2,18,19,22). The van der Waals surface area contributed by atoms with Crippen molar-refractivity contribution in [3.05, 3.63) is 0 Å². The number of hydrogen-bond donors (Lipinski definition) is 3. The largest absolute Gasteiger partial charge is 0.481 e. The number of carboxylic acids is 1. The van der Waals surface area contributed by atoms with Crippen LogP contribution >= 0.6 is 0 Å². The molecule has 0 aromatic carbocycles. The van der Waals surface area contributed by atoms with E-state index in [9.17, 15) is 9.59 Å². The molecule has 0 aromatic heterocycles. The van der Waals surface area contributed by atoms with Crippen LogP contribution in [0.1, 0.15) is 65.2 Å². The summed E-state index contributed by atoms with van der Waals surface area (Å²) in [6, 6.07) is 0.338. The second kappa shape index (κ2) is 7.84. The van der Waals surface area contributed by atoms with Crippen molar-refractivity contribution in [2.45, 2.75) is 77.3 Å². The van der Waals surface area contributed by atoms with Gasteiger partial charge in [-0.05, 0) is 50.4 Å². The molecule has 2 atom stereocenters. The molecular formula is C17H30N2O3. The number of rotatable bonds is 4. The highest BCUT2D eigenvalue weighted by atomic mass is 16.4. The molecule has 0 heterocycles. The van der Waals surface area contributed by atoms with Crippen LogP contribution in [-0.2, 0) is 4.79 Å². The van der Waals surface area contributed by atoms with E-state index in [0.717, 1.165) is 25.7 Å². The molecule has 5 heteroatoms. The molecule has 2 amide bonds. The first-order valence-electron chi connectivity index (χ1n) is 8.75. The molecule has 2 saturated carbocycles. The molecule has 0 saturated heterocycles. The normalized spacial score (nSPS) is 32.5. The maximum Gasteiger partial charge on any atom is 0.315 e. The number of nitrogens with one attached hydrogen (secondary N) is 2. The molecule has 5 nitrogen and oxygen atoms in total. The summed E-state index contributed by atoms with van der Waals surface area (Å²) >= 11 is 0. The third kappa shape index (κ3) is 4.89. The minimum atomic E-state index is -0.704. The number of urea groups is 1. The van der Waals surface area contributed by atoms with E-state index in [4.69, 9.17) is 5.11 Å². The molecule has 0 aliphatic heterocycles. The van der Waals surface area contributed by atoms with E-state index in [1.54, 1.807) is 0 Å². The lowest BCUT2D eigenvalue weighted by Crippen LogP contribution is -2.48. The third-order valence-corrected chi connectivity index (χ3v) is 5.40. The zero-order chi connectivity index (χ0) is 16.1. The van der Waals surface area contributed by atoms with E-state index < -0.39 is 5.97 Å². The van der Waals surface area contributed by atoms with Crippen LogP contribution in [0.4, 0.5) is 4.79 Å². The van der Waals surface area contributed by atoms with E-state index in [1.165, 1.54) is 12.8 Å². The van der Waals surface area contributed by atoms with Crippen LogP contribution in [0.2, 0.25) is 0 Å². The van der Waals surface area contributed by atoms with Crippen LogP contribution in [-0.4, -0.2) is 29.2 Å². The van der Waals surface area contributed by atoms with E-state index in [-0.39, 0.29) is 24.0 Å². The van der Waals surface area contributed by atoms with Gasteiger partial charge in [-0.25, -0.2) is 4.79 Å². The molecule has 2 fully saturated rings. The average molecular weight is 310 g/mol. The van der Waals surface area contributed by atoms with E-state index in [2.05, 4.69) is 24.5 Å². The number of carbonyl (C=O) groups is 2. The molecule has 126 valence electrons. The fraction of sp³-hybridized carbons (Fsp3) is 0.882. The Bertz CT molecular complexity index is 389. The molecule has 0 spiro atoms. The van der Waals surface area contributed by atoms with Crippen molar-refractivity contribution in [1.29, 1.82) is 0 Å². The highest BCUT2D eigenvalue weighted by Gasteiger charge is 2.28. The molecule has 0 aromatic rings. The Hall–Kier alpha value is -1.26. The smallest absolute Gasteiger partial charge is 0.315 e. The zero-order valence-electron chi connectivity index (χ0n) is 13.8. The number of amides is 2. The second-order valence-electron chi connectivity index (χ2n) is 7.37. The van der Waals surface area contributed by atoms with Crippen molar-refractivity contribution in [2.24, 2.45) is 17.8 Å². The lowest BCUT2D eigenvalue weighted by atomic mass is 9.79. The van der Waals surface area contributed by atoms with Gasteiger partial charge < -0.3 is 15.7 Å². The van der Waals surface area contributed by atoms with Gasteiger partial charge in [0.1, 0.15) is 0 Å². The predicted octanol–water partition coefficient (Wildman–Crippen LogP) is 3.14. The monoisotopic (exact) mass is 310 g/mol. The first kappa shape index (κ1) is 17.1. The highest BCUT2D eigenvalue weighted by molar-refractivity contribution is 5.74. The highest BCUT2D eigenvalue weighted by Crippen LogP contribution is 2.30. The lowest BCUT2D eigenvalue weighted by Gasteiger charge is -2.33. The SMILES string of the molecule is CC(C)C1CCCC(NC(=O)NC2CCC(C(=O)O)CC2)C1. The molecule has 0 bridgehead atoms. The van der Waals surface area contributed by atoms with Gasteiger partial charge in [-0.2, -0.15) is 0 Å². The van der Waals surface area contributed by atoms with Gasteiger partial charge in [0.05, 0.1) is 5.92 Å². The molecule has 0 radical (unpaired) electrons. The zero-order valence-corrected chi connectivity index (χ0v) is 13.8. The number of aliphatic carboxylic acids is 1. The molecular weight excluding hydrogens is 280 g/mol. The van der Waals surface area contributed by atoms with Crippen LogP contribution < -0.4 is 10.6 Å². The fourth-order valence-corrected chi connectivity index (χ4v) is 3.86. The summed E-state index contributed by atoms with van der Waals surface area (Å²) in [5.74, 6) is 0.458. The summed E-state index contributed by atoms with van der Waals surface area (Å²) in [5, 5.41) is 15.1. The van der Waals surface area contributed by atoms with Gasteiger partial charge in [-0.3, -0.25) is 4.79 Å². The Morgan fingerprint density at radius 2 is 1.59 bits per heavy atom. The van der Waals surface area contributed by atoms with Gasteiger partial charge in [-0.1, -0.05) is 26.7 Å². The quantitative estimate of drug-likeness (QED) is 0.746. The van der Waals surface area contributed by atoms with Crippen LogP contribution in [0.25, 0.3) is 0 Å². The maximum absolute atomic E-state index is 12.1. The second-order valence-corrected chi connectivity index (χ2v) is 7.37. The van der Waals surface area contributed by atoms with Crippen molar-refractivity contribution < 1.29 is 14.7 Å². The van der Waals surface area contributed by atoms with Gasteiger partial charge in [0, 0.05) is 12.1 Å². The Labute approximate surface area is 133 Å². The summed E-state index contributed by atoms with van der Waals surface area (Å²) < 4.78 is 0. The fourth-order valence-electron chi connectivity index (χ4n) is 3.86. The number of hydrogen-bond acceptors (Lipinski definition) is 2. The van der Waals surface area contributed by atoms with Gasteiger partial charge in [0.15, 0.2) is 0 Å². The van der Waals surface area contributed by atoms with Gasteiger partial charge in [0.25, 0.3) is 0 Å². The summed E-state index contributed by atoms with van der Waals surface area (Å²) in [6.45, 7) is 4.52. The molecule has 22 heavy (non-hydrogen) atoms. The molecule has 2 rings (SSSR count). The number of carbonyl (C=O) groups excluding carboxylic acids is 1. The van der Waals surface area contributed by atoms with E-state index in [1.807, 2.05) is 0 Å². The van der Waals surface area contributed by atoms with Crippen LogP contribution in [0, 0.1) is 17.8 Å². The third-order valence-electron chi connectivity index (χ3n) is 5.40. The first-order chi connectivity index (χ1) is 10.5. The van der Waals surface area contributed by atoms with E-state index >= 15 is 0 Å². The van der Waals surface area contributed by atoms with Gasteiger partial charge >= 0.3 is 12.0 Å². The van der Waals surface area contributed by atoms with Crippen molar-refractivity contribution in [3.63, 3.8) is 0 Å². The predicted molar refractivity (Wildman–Crippen MR) is 85.6 cm³/mol. The Morgan fingerprint density at radius 3 is 2.18 bits per heavy atom. The van der Waals surface area contributed by atoms with Crippen molar-refractivity contribution in [2.75, 3.05) is 0 Å². The Balaban J connectivity index is 1.71. The van der Waals surface area contributed by atoms with Crippen molar-refractivity contribution in [3.8, 4) is 0 Å². The summed E-state index contributed by atoms with van der Waals surface area (Å²) in [7, 11) is 0. The summed E-state index contributed by atoms with van der Waals surface area (Å²) in [5.41, 5.74) is 0. The lowest BCUT2D eigenvalue weighted by molar-refractivity contribution is -0.142. The molecule has 2 aliphatic carbocycles. The summed E-state index contributed by atoms with van der Waals surface area (Å²) in [6.07, 6.45) is 7.49. The van der Waals surface area contributed by atoms with Crippen LogP contribution in [0.3, 0.4) is 0 Å². The van der Waals surface area contributed by atoms with Crippen molar-refractivity contribution >= 4 is 12.0 Å². The average Bonchev–Trinajstić information content (AvgIpc) is 2.47. The first-order valence-corrected chi connectivity index (χ1v) is 8.75. The molecule has 2 aliphatic rings. The number of carboxylic acid groups (broad SMARTS) is 1. The van der Waals surface area contributed by atoms with E-state index in [0.29, 0.717) is 24.7 Å². The Morgan fingerprint density at radius 1 is 0.955 bits per heavy atom. The van der Waals surface area contributed by atoms with Crippen LogP contribution in [0.15, 0.2) is 0 Å². The minimum Gasteiger partial charge on any atom is -0.481 e. The summed E-state index contributed by atoms with van der Waals surface area (Å²) in [4.78, 5) is 23.1.